The molecule has 3 atom stereocenters. The van der Waals surface area contributed by atoms with Crippen LogP contribution in [-0.2, 0) is 4.79 Å². The Morgan fingerprint density at radius 2 is 2.07 bits per heavy atom. The van der Waals surface area contributed by atoms with E-state index in [1.165, 1.54) is 0 Å². The molecule has 0 aliphatic heterocycles. The Bertz CT molecular complexity index is 187. The van der Waals surface area contributed by atoms with Gasteiger partial charge in [-0.25, -0.2) is 0 Å². The van der Waals surface area contributed by atoms with Gasteiger partial charge in [-0.3, -0.25) is 4.79 Å². The lowest BCUT2D eigenvalue weighted by Crippen LogP contribution is -2.31. The molecule has 3 unspecified atom stereocenters. The number of amides is 1. The molecule has 0 aromatic heterocycles. The molecule has 0 aliphatic rings. The van der Waals surface area contributed by atoms with Crippen LogP contribution in [0.15, 0.2) is 0 Å². The Morgan fingerprint density at radius 1 is 1.47 bits per heavy atom. The molecule has 1 amide bonds. The SMILES string of the molecule is [CH2]CC(Br)CC(Br)C(CCCC)C(N)=O. The number of rotatable bonds is 8. The third-order valence-electron chi connectivity index (χ3n) is 2.46. The lowest BCUT2D eigenvalue weighted by atomic mass is 9.95. The second-order valence-corrected chi connectivity index (χ2v) is 6.26. The number of hydrogen-bond donors (Lipinski definition) is 1. The normalized spacial score (nSPS) is 17.1. The number of unbranched alkanes of at least 4 members (excludes halogenated alkanes) is 1. The topological polar surface area (TPSA) is 43.1 Å². The highest BCUT2D eigenvalue weighted by Gasteiger charge is 2.25. The van der Waals surface area contributed by atoms with E-state index in [2.05, 4.69) is 45.7 Å². The van der Waals surface area contributed by atoms with E-state index in [9.17, 15) is 4.79 Å². The summed E-state index contributed by atoms with van der Waals surface area (Å²) in [5.41, 5.74) is 5.40. The third kappa shape index (κ3) is 6.56. The van der Waals surface area contributed by atoms with Crippen LogP contribution >= 0.6 is 31.9 Å². The van der Waals surface area contributed by atoms with Crippen molar-refractivity contribution in [2.45, 2.75) is 48.7 Å². The third-order valence-corrected chi connectivity index (χ3v) is 4.31. The Balaban J connectivity index is 4.15. The van der Waals surface area contributed by atoms with Crippen LogP contribution in [0.3, 0.4) is 0 Å². The van der Waals surface area contributed by atoms with E-state index in [1.54, 1.807) is 0 Å². The summed E-state index contributed by atoms with van der Waals surface area (Å²) in [4.78, 5) is 11.8. The zero-order valence-corrected chi connectivity index (χ0v) is 12.4. The van der Waals surface area contributed by atoms with Crippen molar-refractivity contribution in [3.8, 4) is 0 Å². The highest BCUT2D eigenvalue weighted by Crippen LogP contribution is 2.26. The molecule has 0 heterocycles. The fraction of sp³-hybridized carbons (Fsp3) is 0.818. The standard InChI is InChI=1S/C11H20Br2NO/c1-3-5-6-9(11(14)15)10(13)7-8(12)4-2/h8-10H,2-7H2,1H3,(H2,14,15). The molecule has 0 saturated heterocycles. The van der Waals surface area contributed by atoms with Gasteiger partial charge in [-0.15, -0.1) is 0 Å². The summed E-state index contributed by atoms with van der Waals surface area (Å²) in [6.07, 6.45) is 4.73. The van der Waals surface area contributed by atoms with Gasteiger partial charge in [0, 0.05) is 9.65 Å². The van der Waals surface area contributed by atoms with Gasteiger partial charge < -0.3 is 5.73 Å². The molecule has 89 valence electrons. The minimum absolute atomic E-state index is 0.0588. The second-order valence-electron chi connectivity index (χ2n) is 3.79. The maximum atomic E-state index is 11.3. The van der Waals surface area contributed by atoms with Crippen LogP contribution in [0.4, 0.5) is 0 Å². The molecule has 0 rings (SSSR count). The van der Waals surface area contributed by atoms with Gasteiger partial charge in [-0.1, -0.05) is 58.5 Å². The predicted molar refractivity (Wildman–Crippen MR) is 72.2 cm³/mol. The maximum absolute atomic E-state index is 11.3. The van der Waals surface area contributed by atoms with E-state index < -0.39 is 0 Å². The highest BCUT2D eigenvalue weighted by molar-refractivity contribution is 9.10. The van der Waals surface area contributed by atoms with Crippen LogP contribution in [0, 0.1) is 12.8 Å². The summed E-state index contributed by atoms with van der Waals surface area (Å²) in [7, 11) is 0. The summed E-state index contributed by atoms with van der Waals surface area (Å²) in [5, 5.41) is 0. The van der Waals surface area contributed by atoms with E-state index in [0.29, 0.717) is 4.83 Å². The summed E-state index contributed by atoms with van der Waals surface area (Å²) in [5.74, 6) is -0.259. The van der Waals surface area contributed by atoms with Gasteiger partial charge in [0.2, 0.25) is 5.91 Å². The largest absolute Gasteiger partial charge is 0.369 e. The highest BCUT2D eigenvalue weighted by atomic mass is 79.9. The van der Waals surface area contributed by atoms with E-state index >= 15 is 0 Å². The molecule has 2 N–H and O–H groups in total. The van der Waals surface area contributed by atoms with Gasteiger partial charge in [0.15, 0.2) is 0 Å². The van der Waals surface area contributed by atoms with E-state index in [0.717, 1.165) is 32.1 Å². The molecule has 0 aromatic rings. The van der Waals surface area contributed by atoms with E-state index in [4.69, 9.17) is 5.73 Å². The molecule has 0 aromatic carbocycles. The van der Waals surface area contributed by atoms with Gasteiger partial charge >= 0.3 is 0 Å². The first-order chi connectivity index (χ1) is 7.02. The first-order valence-corrected chi connectivity index (χ1v) is 7.22. The van der Waals surface area contributed by atoms with Crippen LogP contribution in [0.5, 0.6) is 0 Å². The van der Waals surface area contributed by atoms with Crippen LogP contribution < -0.4 is 5.73 Å². The molecule has 0 fully saturated rings. The molecular weight excluding hydrogens is 322 g/mol. The summed E-state index contributed by atoms with van der Waals surface area (Å²) < 4.78 is 0. The van der Waals surface area contributed by atoms with Crippen LogP contribution in [0.1, 0.15) is 39.0 Å². The van der Waals surface area contributed by atoms with Crippen LogP contribution in [-0.4, -0.2) is 15.6 Å². The maximum Gasteiger partial charge on any atom is 0.221 e. The number of hydrogen-bond acceptors (Lipinski definition) is 1. The summed E-state index contributed by atoms with van der Waals surface area (Å²) in [6.45, 7) is 5.94. The quantitative estimate of drug-likeness (QED) is 0.675. The van der Waals surface area contributed by atoms with Crippen molar-refractivity contribution in [3.63, 3.8) is 0 Å². The average molecular weight is 342 g/mol. The van der Waals surface area contributed by atoms with Crippen molar-refractivity contribution in [1.29, 1.82) is 0 Å². The Labute approximate surface area is 110 Å². The van der Waals surface area contributed by atoms with Crippen molar-refractivity contribution in [3.05, 3.63) is 6.92 Å². The molecule has 15 heavy (non-hydrogen) atoms. The number of primary amides is 1. The van der Waals surface area contributed by atoms with Crippen LogP contribution in [0.2, 0.25) is 0 Å². The van der Waals surface area contributed by atoms with Crippen molar-refractivity contribution in [2.75, 3.05) is 0 Å². The number of carbonyl (C=O) groups excluding carboxylic acids is 1. The first-order valence-electron chi connectivity index (χ1n) is 5.39. The monoisotopic (exact) mass is 340 g/mol. The van der Waals surface area contributed by atoms with E-state index in [-0.39, 0.29) is 16.7 Å². The molecule has 0 saturated carbocycles. The van der Waals surface area contributed by atoms with Crippen molar-refractivity contribution < 1.29 is 4.79 Å². The minimum Gasteiger partial charge on any atom is -0.369 e. The molecule has 1 radical (unpaired) electrons. The average Bonchev–Trinajstić information content (AvgIpc) is 2.17. The smallest absolute Gasteiger partial charge is 0.221 e. The van der Waals surface area contributed by atoms with Crippen LogP contribution in [0.25, 0.3) is 0 Å². The Kier molecular flexibility index (Phi) is 8.81. The number of nitrogens with two attached hydrogens (primary N) is 1. The molecule has 0 aliphatic carbocycles. The van der Waals surface area contributed by atoms with Gasteiger partial charge in [-0.05, 0) is 19.3 Å². The predicted octanol–water partition coefficient (Wildman–Crippen LogP) is 3.42. The molecular formula is C11H20Br2NO. The second kappa shape index (κ2) is 8.57. The van der Waals surface area contributed by atoms with Crippen molar-refractivity contribution in [1.82, 2.24) is 0 Å². The zero-order valence-electron chi connectivity index (χ0n) is 9.22. The first kappa shape index (κ1) is 15.4. The summed E-state index contributed by atoms with van der Waals surface area (Å²) in [6, 6.07) is 0. The van der Waals surface area contributed by atoms with Gasteiger partial charge in [0.25, 0.3) is 0 Å². The lowest BCUT2D eigenvalue weighted by molar-refractivity contribution is -0.122. The molecule has 0 bridgehead atoms. The Hall–Kier alpha value is 0.430. The molecule has 2 nitrogen and oxygen atoms in total. The number of carbonyl (C=O) groups is 1. The number of halogens is 2. The number of alkyl halides is 2. The van der Waals surface area contributed by atoms with E-state index in [1.807, 2.05) is 0 Å². The van der Waals surface area contributed by atoms with Crippen molar-refractivity contribution in [2.24, 2.45) is 11.7 Å². The van der Waals surface area contributed by atoms with Gasteiger partial charge in [0.05, 0.1) is 5.92 Å². The fourth-order valence-corrected chi connectivity index (χ4v) is 3.33. The Morgan fingerprint density at radius 3 is 2.47 bits per heavy atom. The minimum atomic E-state index is -0.200. The zero-order chi connectivity index (χ0) is 11.8. The summed E-state index contributed by atoms with van der Waals surface area (Å²) >= 11 is 7.08. The fourth-order valence-electron chi connectivity index (χ4n) is 1.45. The lowest BCUT2D eigenvalue weighted by Gasteiger charge is -2.21. The molecule has 0 spiro atoms. The molecule has 4 heteroatoms. The van der Waals surface area contributed by atoms with Gasteiger partial charge in [0.1, 0.15) is 0 Å². The van der Waals surface area contributed by atoms with Crippen molar-refractivity contribution >= 4 is 37.8 Å². The van der Waals surface area contributed by atoms with Gasteiger partial charge in [-0.2, -0.15) is 0 Å².